The summed E-state index contributed by atoms with van der Waals surface area (Å²) >= 11 is 4.02. The molecule has 0 bridgehead atoms. The van der Waals surface area contributed by atoms with Crippen molar-refractivity contribution >= 4 is 42.4 Å². The molecule has 0 saturated heterocycles. The number of hydrogen-bond acceptors (Lipinski definition) is 9. The van der Waals surface area contributed by atoms with Crippen LogP contribution >= 0.6 is 12.6 Å². The smallest absolute Gasteiger partial charge is 0.407 e. The van der Waals surface area contributed by atoms with Crippen LogP contribution in [0.15, 0.2) is 72.2 Å². The van der Waals surface area contributed by atoms with Gasteiger partial charge in [-0.05, 0) is 43.7 Å². The third kappa shape index (κ3) is 18.5. The number of esters is 1. The number of amides is 4. The number of carbonyl (C=O) groups is 5. The van der Waals surface area contributed by atoms with Crippen molar-refractivity contribution < 1.29 is 38.2 Å². The molecule has 0 fully saturated rings. The van der Waals surface area contributed by atoms with E-state index in [0.29, 0.717) is 50.9 Å². The molecule has 0 radical (unpaired) electrons. The maximum absolute atomic E-state index is 13.1. The van der Waals surface area contributed by atoms with Crippen molar-refractivity contribution in [3.63, 3.8) is 0 Å². The molecule has 0 aromatic carbocycles. The van der Waals surface area contributed by atoms with Gasteiger partial charge in [0.1, 0.15) is 18.2 Å². The van der Waals surface area contributed by atoms with Crippen LogP contribution in [0.2, 0.25) is 0 Å². The van der Waals surface area contributed by atoms with Gasteiger partial charge in [-0.15, -0.1) is 0 Å². The van der Waals surface area contributed by atoms with E-state index in [2.05, 4.69) is 33.9 Å². The number of ether oxygens (including phenoxy) is 3. The Morgan fingerprint density at radius 2 is 1.76 bits per heavy atom. The highest BCUT2D eigenvalue weighted by atomic mass is 32.1. The zero-order valence-electron chi connectivity index (χ0n) is 30.5. The first-order chi connectivity index (χ1) is 23.7. The Balaban J connectivity index is 2.64. The quantitative estimate of drug-likeness (QED) is 0.0295. The Morgan fingerprint density at radius 3 is 2.40 bits per heavy atom. The molecule has 0 aromatic rings. The van der Waals surface area contributed by atoms with Gasteiger partial charge >= 0.3 is 12.1 Å². The second kappa shape index (κ2) is 24.0. The van der Waals surface area contributed by atoms with Crippen LogP contribution in [0.4, 0.5) is 4.79 Å². The van der Waals surface area contributed by atoms with Gasteiger partial charge in [0.2, 0.25) is 17.7 Å². The first-order valence-electron chi connectivity index (χ1n) is 16.9. The van der Waals surface area contributed by atoms with E-state index >= 15 is 0 Å². The minimum absolute atomic E-state index is 0.0255. The van der Waals surface area contributed by atoms with E-state index in [1.54, 1.807) is 24.3 Å². The molecule has 278 valence electrons. The van der Waals surface area contributed by atoms with E-state index in [0.717, 1.165) is 5.57 Å². The van der Waals surface area contributed by atoms with E-state index in [1.807, 2.05) is 65.8 Å². The molecular weight excluding hydrogens is 660 g/mol. The Labute approximate surface area is 302 Å². The average Bonchev–Trinajstić information content (AvgIpc) is 3.05. The minimum Gasteiger partial charge on any atom is -0.490 e. The molecule has 1 heterocycles. The first kappa shape index (κ1) is 43.8. The fraction of sp³-hybridized carbons (Fsp3) is 0.541. The average molecular weight is 717 g/mol. The molecule has 1 rings (SSSR count). The fourth-order valence-electron chi connectivity index (χ4n) is 4.65. The molecule has 4 amide bonds. The molecule has 4 atom stereocenters. The molecule has 1 unspecified atom stereocenters. The van der Waals surface area contributed by atoms with Gasteiger partial charge in [-0.1, -0.05) is 75.8 Å². The summed E-state index contributed by atoms with van der Waals surface area (Å²) in [7, 11) is 1.43. The summed E-state index contributed by atoms with van der Waals surface area (Å²) in [6.07, 6.45) is 18.2. The lowest BCUT2D eigenvalue weighted by Crippen LogP contribution is -2.52. The standard InChI is InChI=1S/C37H56N4O8S/c1-8-9-15-28(48-36(46)40-23-13-22-38-31(42)20-24-50)16-12-21-39-34(44)33(37(4,5)6)41-32(43)17-11-10-14-26(2)25-27(3)29-18-19-30(47-7)35(45)49-29/h8-12,14,17,19,21,25,27-29,33,50H,13,15-16,18,20,22-24H2,1-7H3,(H,38,42)(H,39,44)(H,40,46)(H,41,43)/b9-8-,14-10-,17-11-,21-12-,26-25+/t27-,28?,29-,33+/m0/s1. The van der Waals surface area contributed by atoms with E-state index in [4.69, 9.17) is 14.2 Å². The van der Waals surface area contributed by atoms with Gasteiger partial charge in [-0.2, -0.15) is 12.6 Å². The normalized spacial score (nSPS) is 17.3. The summed E-state index contributed by atoms with van der Waals surface area (Å²) in [5, 5.41) is 10.9. The topological polar surface area (TPSA) is 161 Å². The Kier molecular flexibility index (Phi) is 21.0. The first-order valence-corrected chi connectivity index (χ1v) is 17.5. The molecule has 4 N–H and O–H groups in total. The lowest BCUT2D eigenvalue weighted by molar-refractivity contribution is -0.151. The lowest BCUT2D eigenvalue weighted by Gasteiger charge is -2.29. The second-order valence-electron chi connectivity index (χ2n) is 12.8. The zero-order valence-corrected chi connectivity index (χ0v) is 31.3. The van der Waals surface area contributed by atoms with Crippen molar-refractivity contribution in [1.29, 1.82) is 0 Å². The molecule has 0 spiro atoms. The SMILES string of the molecule is C/C=C\CC(C/C=C\NC(=O)[C@@H](NC(=O)\C=C/C=C\C(C)=C\[C@H](C)[C@@H]1CC=C(OC)C(=O)O1)C(C)(C)C)OC(=O)NCCCNC(=O)CCS. The van der Waals surface area contributed by atoms with E-state index in [9.17, 15) is 24.0 Å². The summed E-state index contributed by atoms with van der Waals surface area (Å²) in [6, 6.07) is -0.829. The number of nitrogens with one attached hydrogen (secondary N) is 4. The van der Waals surface area contributed by atoms with Crippen LogP contribution in [0.3, 0.4) is 0 Å². The van der Waals surface area contributed by atoms with Crippen LogP contribution in [-0.4, -0.2) is 74.0 Å². The number of hydrogen-bond donors (Lipinski definition) is 5. The van der Waals surface area contributed by atoms with Crippen LogP contribution < -0.4 is 21.3 Å². The summed E-state index contributed by atoms with van der Waals surface area (Å²) < 4.78 is 16.0. The number of methoxy groups -OCH3 is 1. The van der Waals surface area contributed by atoms with Gasteiger partial charge in [0, 0.05) is 50.8 Å². The van der Waals surface area contributed by atoms with Gasteiger partial charge in [-0.25, -0.2) is 9.59 Å². The molecule has 50 heavy (non-hydrogen) atoms. The number of allylic oxidation sites excluding steroid dienone is 5. The fourth-order valence-corrected chi connectivity index (χ4v) is 4.85. The monoisotopic (exact) mass is 716 g/mol. The summed E-state index contributed by atoms with van der Waals surface area (Å²) in [5.74, 6) is -0.697. The van der Waals surface area contributed by atoms with Crippen molar-refractivity contribution in [3.05, 3.63) is 72.2 Å². The summed E-state index contributed by atoms with van der Waals surface area (Å²) in [4.78, 5) is 61.5. The Hall–Kier alpha value is -4.26. The maximum atomic E-state index is 13.1. The summed E-state index contributed by atoms with van der Waals surface area (Å²) in [5.41, 5.74) is 0.347. The van der Waals surface area contributed by atoms with Crippen LogP contribution in [0.25, 0.3) is 0 Å². The third-order valence-electron chi connectivity index (χ3n) is 7.39. The van der Waals surface area contributed by atoms with Crippen LogP contribution in [0, 0.1) is 11.3 Å². The molecule has 0 saturated carbocycles. The predicted molar refractivity (Wildman–Crippen MR) is 198 cm³/mol. The van der Waals surface area contributed by atoms with Crippen LogP contribution in [-0.2, 0) is 33.4 Å². The third-order valence-corrected chi connectivity index (χ3v) is 7.62. The maximum Gasteiger partial charge on any atom is 0.407 e. The van der Waals surface area contributed by atoms with Crippen LogP contribution in [0.5, 0.6) is 0 Å². The van der Waals surface area contributed by atoms with Gasteiger partial charge in [0.05, 0.1) is 7.11 Å². The highest BCUT2D eigenvalue weighted by Crippen LogP contribution is 2.23. The van der Waals surface area contributed by atoms with Gasteiger partial charge in [0.25, 0.3) is 0 Å². The molecule has 1 aliphatic rings. The minimum atomic E-state index is -0.829. The molecule has 13 heteroatoms. The van der Waals surface area contributed by atoms with Gasteiger partial charge < -0.3 is 35.5 Å². The molecule has 12 nitrogen and oxygen atoms in total. The van der Waals surface area contributed by atoms with Gasteiger partial charge in [0.15, 0.2) is 5.76 Å². The number of rotatable bonds is 20. The van der Waals surface area contributed by atoms with Crippen molar-refractivity contribution in [2.24, 2.45) is 11.3 Å². The highest BCUT2D eigenvalue weighted by Gasteiger charge is 2.32. The Bertz CT molecular complexity index is 1310. The van der Waals surface area contributed by atoms with Crippen molar-refractivity contribution in [2.75, 3.05) is 26.0 Å². The number of carbonyl (C=O) groups excluding carboxylic acids is 5. The molecule has 0 aromatic heterocycles. The van der Waals surface area contributed by atoms with Crippen LogP contribution in [0.1, 0.15) is 73.6 Å². The largest absolute Gasteiger partial charge is 0.490 e. The van der Waals surface area contributed by atoms with E-state index in [-0.39, 0.29) is 29.6 Å². The van der Waals surface area contributed by atoms with Gasteiger partial charge in [-0.3, -0.25) is 14.4 Å². The number of thiol groups is 1. The van der Waals surface area contributed by atoms with Crippen molar-refractivity contribution in [1.82, 2.24) is 21.3 Å². The number of cyclic esters (lactones) is 1. The lowest BCUT2D eigenvalue weighted by atomic mass is 9.86. The van der Waals surface area contributed by atoms with Crippen molar-refractivity contribution in [3.8, 4) is 0 Å². The van der Waals surface area contributed by atoms with Crippen molar-refractivity contribution in [2.45, 2.75) is 91.9 Å². The predicted octanol–water partition coefficient (Wildman–Crippen LogP) is 4.97. The molecular formula is C37H56N4O8S. The van der Waals surface area contributed by atoms with E-state index < -0.39 is 35.5 Å². The second-order valence-corrected chi connectivity index (χ2v) is 13.3. The number of alkyl carbamates (subject to hydrolysis) is 1. The molecule has 0 aliphatic carbocycles. The molecule has 1 aliphatic heterocycles. The summed E-state index contributed by atoms with van der Waals surface area (Å²) in [6.45, 7) is 12.1. The Morgan fingerprint density at radius 1 is 1.08 bits per heavy atom. The van der Waals surface area contributed by atoms with E-state index in [1.165, 1.54) is 19.4 Å². The highest BCUT2D eigenvalue weighted by molar-refractivity contribution is 7.80. The zero-order chi connectivity index (χ0) is 37.5.